The van der Waals surface area contributed by atoms with Crippen LogP contribution < -0.4 is 0 Å². The van der Waals surface area contributed by atoms with Crippen LogP contribution in [0.15, 0.2) is 160 Å². The zero-order chi connectivity index (χ0) is 33.5. The van der Waals surface area contributed by atoms with Gasteiger partial charge in [0.05, 0.1) is 0 Å². The largest absolute Gasteiger partial charge is 0.456 e. The fraction of sp³-hybridized carbons (Fsp3) is 0. The Hall–Kier alpha value is -6.63. The smallest absolute Gasteiger partial charge is 0.164 e. The predicted octanol–water partition coefficient (Wildman–Crippen LogP) is 12.7. The third-order valence-corrected chi connectivity index (χ3v) is 10.9. The van der Waals surface area contributed by atoms with Gasteiger partial charge in [0.1, 0.15) is 22.3 Å². The van der Waals surface area contributed by atoms with Crippen LogP contribution in [-0.2, 0) is 0 Å². The van der Waals surface area contributed by atoms with Crippen LogP contribution in [-0.4, -0.2) is 15.0 Å². The second-order valence-corrected chi connectivity index (χ2v) is 13.8. The van der Waals surface area contributed by atoms with E-state index in [4.69, 9.17) is 23.8 Å². The van der Waals surface area contributed by atoms with Crippen LogP contribution in [0.5, 0.6) is 0 Å². The van der Waals surface area contributed by atoms with Crippen molar-refractivity contribution in [3.05, 3.63) is 152 Å². The maximum absolute atomic E-state index is 6.54. The highest BCUT2D eigenvalue weighted by Gasteiger charge is 2.21. The van der Waals surface area contributed by atoms with Gasteiger partial charge in [0.2, 0.25) is 0 Å². The second-order valence-electron chi connectivity index (χ2n) is 12.8. The van der Waals surface area contributed by atoms with Crippen molar-refractivity contribution in [3.63, 3.8) is 0 Å². The van der Waals surface area contributed by atoms with Gasteiger partial charge in [-0.15, -0.1) is 11.3 Å². The van der Waals surface area contributed by atoms with E-state index in [0.717, 1.165) is 71.7 Å². The van der Waals surface area contributed by atoms with Gasteiger partial charge in [-0.3, -0.25) is 0 Å². The number of para-hydroxylation sites is 1. The number of furan rings is 2. The van der Waals surface area contributed by atoms with E-state index < -0.39 is 0 Å². The number of fused-ring (bicyclic) bond motifs is 9. The van der Waals surface area contributed by atoms with Crippen molar-refractivity contribution in [1.82, 2.24) is 15.0 Å². The Balaban J connectivity index is 1.15. The van der Waals surface area contributed by atoms with E-state index in [-0.39, 0.29) is 0 Å². The molecule has 0 saturated carbocycles. The van der Waals surface area contributed by atoms with Crippen LogP contribution in [0.25, 0.3) is 109 Å². The third-order valence-electron chi connectivity index (χ3n) is 9.76. The predicted molar refractivity (Wildman–Crippen MR) is 209 cm³/mol. The van der Waals surface area contributed by atoms with Crippen LogP contribution in [0.2, 0.25) is 0 Å². The van der Waals surface area contributed by atoms with Crippen LogP contribution in [0.4, 0.5) is 0 Å². The average molecular weight is 672 g/mol. The van der Waals surface area contributed by atoms with Crippen molar-refractivity contribution < 1.29 is 8.83 Å². The molecular formula is C45H25N3O2S. The lowest BCUT2D eigenvalue weighted by atomic mass is 9.96. The zero-order valence-electron chi connectivity index (χ0n) is 27.0. The summed E-state index contributed by atoms with van der Waals surface area (Å²) in [6.45, 7) is 0. The topological polar surface area (TPSA) is 65.0 Å². The number of hydrogen-bond acceptors (Lipinski definition) is 6. The lowest BCUT2D eigenvalue weighted by Gasteiger charge is -2.10. The minimum absolute atomic E-state index is 0.592. The summed E-state index contributed by atoms with van der Waals surface area (Å²) >= 11 is 1.79. The van der Waals surface area contributed by atoms with Gasteiger partial charge < -0.3 is 8.83 Å². The quantitative estimate of drug-likeness (QED) is 0.186. The molecule has 0 aliphatic heterocycles. The van der Waals surface area contributed by atoms with E-state index >= 15 is 0 Å². The molecule has 11 rings (SSSR count). The van der Waals surface area contributed by atoms with E-state index in [9.17, 15) is 0 Å². The van der Waals surface area contributed by atoms with E-state index in [0.29, 0.717) is 17.5 Å². The highest BCUT2D eigenvalue weighted by molar-refractivity contribution is 7.25. The molecule has 4 aromatic heterocycles. The monoisotopic (exact) mass is 671 g/mol. The van der Waals surface area contributed by atoms with Gasteiger partial charge in [0, 0.05) is 58.4 Å². The molecule has 0 aliphatic rings. The van der Waals surface area contributed by atoms with Crippen molar-refractivity contribution in [3.8, 4) is 45.3 Å². The molecule has 0 bridgehead atoms. The third kappa shape index (κ3) is 4.43. The molecule has 0 saturated heterocycles. The van der Waals surface area contributed by atoms with Crippen LogP contribution in [0.3, 0.4) is 0 Å². The van der Waals surface area contributed by atoms with Gasteiger partial charge in [-0.1, -0.05) is 109 Å². The Morgan fingerprint density at radius 1 is 0.353 bits per heavy atom. The van der Waals surface area contributed by atoms with Crippen LogP contribution in [0.1, 0.15) is 0 Å². The molecule has 238 valence electrons. The normalized spacial score (nSPS) is 11.9. The number of nitrogens with zero attached hydrogens (tertiary/aromatic N) is 3. The molecular weight excluding hydrogens is 647 g/mol. The first-order valence-electron chi connectivity index (χ1n) is 16.8. The molecule has 0 unspecified atom stereocenters. The van der Waals surface area contributed by atoms with Crippen molar-refractivity contribution in [2.75, 3.05) is 0 Å². The lowest BCUT2D eigenvalue weighted by Crippen LogP contribution is -2.00. The van der Waals surface area contributed by atoms with Crippen LogP contribution in [0, 0.1) is 0 Å². The van der Waals surface area contributed by atoms with Crippen molar-refractivity contribution in [2.45, 2.75) is 0 Å². The molecule has 0 fully saturated rings. The summed E-state index contributed by atoms with van der Waals surface area (Å²) in [4.78, 5) is 15.4. The minimum atomic E-state index is 0.592. The highest BCUT2D eigenvalue weighted by Crippen LogP contribution is 2.43. The molecule has 0 N–H and O–H groups in total. The number of rotatable bonds is 4. The summed E-state index contributed by atoms with van der Waals surface area (Å²) in [6.07, 6.45) is 0. The maximum atomic E-state index is 6.54. The first kappa shape index (κ1) is 28.2. The Labute approximate surface area is 295 Å². The van der Waals surface area contributed by atoms with Gasteiger partial charge >= 0.3 is 0 Å². The van der Waals surface area contributed by atoms with E-state index in [1.807, 2.05) is 66.7 Å². The van der Waals surface area contributed by atoms with Gasteiger partial charge in [0.25, 0.3) is 0 Å². The average Bonchev–Trinajstić information content (AvgIpc) is 3.88. The first-order valence-corrected chi connectivity index (χ1v) is 17.7. The summed E-state index contributed by atoms with van der Waals surface area (Å²) in [5.74, 6) is 1.84. The summed E-state index contributed by atoms with van der Waals surface area (Å²) in [5, 5.41) is 6.67. The summed E-state index contributed by atoms with van der Waals surface area (Å²) in [6, 6.07) is 52.1. The molecule has 5 nitrogen and oxygen atoms in total. The molecule has 4 heterocycles. The second kappa shape index (κ2) is 10.9. The van der Waals surface area contributed by atoms with Gasteiger partial charge in [-0.25, -0.2) is 15.0 Å². The van der Waals surface area contributed by atoms with Gasteiger partial charge in [-0.2, -0.15) is 0 Å². The van der Waals surface area contributed by atoms with Gasteiger partial charge in [0.15, 0.2) is 17.5 Å². The minimum Gasteiger partial charge on any atom is -0.456 e. The standard InChI is InChI=1S/C45H25N3O2S/c1-2-10-26(11-3-1)43-46-44(28-20-22-32-31-13-5-7-19-39(31)51-40(32)25-28)48-45(47-43)33-15-9-18-38-42(33)41-29(14-8-17-37(41)50-38)27-21-23-36-34(24-27)30-12-4-6-16-35(30)49-36/h1-25H. The summed E-state index contributed by atoms with van der Waals surface area (Å²) < 4.78 is 15.2. The summed E-state index contributed by atoms with van der Waals surface area (Å²) in [5.41, 5.74) is 8.23. The highest BCUT2D eigenvalue weighted by atomic mass is 32.1. The number of hydrogen-bond donors (Lipinski definition) is 0. The Bertz CT molecular complexity index is 3160. The van der Waals surface area contributed by atoms with E-state index in [1.54, 1.807) is 11.3 Å². The first-order chi connectivity index (χ1) is 25.2. The number of aromatic nitrogens is 3. The Kier molecular flexibility index (Phi) is 6.05. The summed E-state index contributed by atoms with van der Waals surface area (Å²) in [7, 11) is 0. The maximum Gasteiger partial charge on any atom is 0.164 e. The zero-order valence-corrected chi connectivity index (χ0v) is 27.8. The fourth-order valence-corrected chi connectivity index (χ4v) is 8.54. The van der Waals surface area contributed by atoms with E-state index in [1.165, 1.54) is 20.2 Å². The lowest BCUT2D eigenvalue weighted by molar-refractivity contribution is 0.669. The van der Waals surface area contributed by atoms with Crippen LogP contribution >= 0.6 is 11.3 Å². The SMILES string of the molecule is c1ccc(-c2nc(-c3ccc4c(c3)sc3ccccc34)nc(-c3cccc4oc5cccc(-c6ccc7oc8ccccc8c7c6)c5c34)n2)cc1. The van der Waals surface area contributed by atoms with E-state index in [2.05, 4.69) is 84.9 Å². The Morgan fingerprint density at radius 3 is 1.82 bits per heavy atom. The number of benzene rings is 7. The number of thiophene rings is 1. The molecule has 0 atom stereocenters. The molecule has 0 amide bonds. The van der Waals surface area contributed by atoms with Gasteiger partial charge in [-0.05, 0) is 53.6 Å². The Morgan fingerprint density at radius 2 is 0.961 bits per heavy atom. The van der Waals surface area contributed by atoms with Crippen molar-refractivity contribution in [2.24, 2.45) is 0 Å². The molecule has 0 spiro atoms. The molecule has 6 heteroatoms. The van der Waals surface area contributed by atoms with Crippen molar-refractivity contribution in [1.29, 1.82) is 0 Å². The fourth-order valence-electron chi connectivity index (χ4n) is 7.39. The molecule has 51 heavy (non-hydrogen) atoms. The molecule has 7 aromatic carbocycles. The molecule has 0 radical (unpaired) electrons. The molecule has 11 aromatic rings. The van der Waals surface area contributed by atoms with Crippen molar-refractivity contribution >= 4 is 75.4 Å². The molecule has 0 aliphatic carbocycles.